The summed E-state index contributed by atoms with van der Waals surface area (Å²) in [6.45, 7) is 8.70. The minimum atomic E-state index is 0.932. The first kappa shape index (κ1) is 12.4. The van der Waals surface area contributed by atoms with E-state index in [4.69, 9.17) is 0 Å². The largest absolute Gasteiger partial charge is 0.356 e. The zero-order valence-electron chi connectivity index (χ0n) is 11.0. The van der Waals surface area contributed by atoms with Crippen LogP contribution in [0.2, 0.25) is 0 Å². The molecular formula is C14H23N3. The van der Waals surface area contributed by atoms with Crippen LogP contribution in [0.1, 0.15) is 37.3 Å². The molecule has 0 amide bonds. The lowest BCUT2D eigenvalue weighted by Gasteiger charge is -2.19. The minimum absolute atomic E-state index is 0.932. The molecule has 1 aliphatic rings. The summed E-state index contributed by atoms with van der Waals surface area (Å²) < 4.78 is 0. The molecule has 1 saturated heterocycles. The van der Waals surface area contributed by atoms with E-state index in [2.05, 4.69) is 35.1 Å². The number of hydrogen-bond donors (Lipinski definition) is 1. The Bertz CT molecular complexity index is 356. The van der Waals surface area contributed by atoms with Crippen LogP contribution in [0.15, 0.2) is 12.3 Å². The molecule has 3 heteroatoms. The molecule has 0 unspecified atom stereocenters. The van der Waals surface area contributed by atoms with Crippen molar-refractivity contribution in [2.45, 2.75) is 39.7 Å². The highest BCUT2D eigenvalue weighted by Crippen LogP contribution is 2.22. The molecule has 17 heavy (non-hydrogen) atoms. The summed E-state index contributed by atoms with van der Waals surface area (Å²) in [6, 6.07) is 2.27. The van der Waals surface area contributed by atoms with Gasteiger partial charge in [0.2, 0.25) is 0 Å². The Hall–Kier alpha value is -1.09. The summed E-state index contributed by atoms with van der Waals surface area (Å²) in [5, 5.41) is 3.41. The van der Waals surface area contributed by atoms with Crippen molar-refractivity contribution in [3.8, 4) is 0 Å². The van der Waals surface area contributed by atoms with Crippen LogP contribution in [-0.4, -0.2) is 24.6 Å². The molecule has 0 radical (unpaired) electrons. The fourth-order valence-electron chi connectivity index (χ4n) is 2.39. The Labute approximate surface area is 104 Å². The highest BCUT2D eigenvalue weighted by atomic mass is 15.2. The molecule has 0 atom stereocenters. The van der Waals surface area contributed by atoms with Gasteiger partial charge in [-0.15, -0.1) is 0 Å². The fourth-order valence-corrected chi connectivity index (χ4v) is 2.39. The Balaban J connectivity index is 2.00. The van der Waals surface area contributed by atoms with Gasteiger partial charge in [0.05, 0.1) is 0 Å². The van der Waals surface area contributed by atoms with Crippen LogP contribution >= 0.6 is 0 Å². The molecule has 1 aromatic heterocycles. The molecule has 2 heterocycles. The number of anilines is 1. The molecule has 1 N–H and O–H groups in total. The van der Waals surface area contributed by atoms with Crippen LogP contribution in [0.3, 0.4) is 0 Å². The Kier molecular flexibility index (Phi) is 4.37. The predicted octanol–water partition coefficient (Wildman–Crippen LogP) is 2.49. The summed E-state index contributed by atoms with van der Waals surface area (Å²) >= 11 is 0. The highest BCUT2D eigenvalue weighted by molar-refractivity contribution is 5.48. The molecular weight excluding hydrogens is 210 g/mol. The van der Waals surface area contributed by atoms with Gasteiger partial charge in [0.15, 0.2) is 0 Å². The van der Waals surface area contributed by atoms with Crippen molar-refractivity contribution in [1.29, 1.82) is 0 Å². The van der Waals surface area contributed by atoms with Gasteiger partial charge >= 0.3 is 0 Å². The third-order valence-corrected chi connectivity index (χ3v) is 3.27. The van der Waals surface area contributed by atoms with Gasteiger partial charge < -0.3 is 10.2 Å². The Morgan fingerprint density at radius 3 is 2.76 bits per heavy atom. The van der Waals surface area contributed by atoms with Crippen LogP contribution < -0.4 is 10.2 Å². The second-order valence-electron chi connectivity index (χ2n) is 4.86. The molecule has 0 aromatic carbocycles. The number of aromatic nitrogens is 1. The normalized spacial score (nSPS) is 15.5. The molecule has 1 aliphatic heterocycles. The smallest absolute Gasteiger partial charge is 0.131 e. The summed E-state index contributed by atoms with van der Waals surface area (Å²) in [5.74, 6) is 1.18. The van der Waals surface area contributed by atoms with Crippen LogP contribution in [0, 0.1) is 6.92 Å². The Morgan fingerprint density at radius 1 is 1.35 bits per heavy atom. The van der Waals surface area contributed by atoms with Crippen molar-refractivity contribution >= 4 is 5.82 Å². The molecule has 3 nitrogen and oxygen atoms in total. The van der Waals surface area contributed by atoms with Crippen LogP contribution in [0.4, 0.5) is 5.82 Å². The first-order valence-corrected chi connectivity index (χ1v) is 6.72. The van der Waals surface area contributed by atoms with Gasteiger partial charge in [0.25, 0.3) is 0 Å². The van der Waals surface area contributed by atoms with Crippen LogP contribution in [0.5, 0.6) is 0 Å². The van der Waals surface area contributed by atoms with Gasteiger partial charge in [0, 0.05) is 25.8 Å². The molecule has 0 saturated carbocycles. The second-order valence-corrected chi connectivity index (χ2v) is 4.86. The molecule has 0 aliphatic carbocycles. The third-order valence-electron chi connectivity index (χ3n) is 3.27. The van der Waals surface area contributed by atoms with Crippen molar-refractivity contribution in [2.75, 3.05) is 24.5 Å². The number of nitrogens with one attached hydrogen (secondary N) is 1. The molecule has 1 fully saturated rings. The monoisotopic (exact) mass is 233 g/mol. The molecule has 94 valence electrons. The highest BCUT2D eigenvalue weighted by Gasteiger charge is 2.15. The second kappa shape index (κ2) is 6.01. The number of nitrogens with zero attached hydrogens (tertiary/aromatic N) is 2. The molecule has 1 aromatic rings. The van der Waals surface area contributed by atoms with Gasteiger partial charge in [-0.05, 0) is 49.9 Å². The average molecular weight is 233 g/mol. The summed E-state index contributed by atoms with van der Waals surface area (Å²) in [5.41, 5.74) is 2.60. The lowest BCUT2D eigenvalue weighted by Crippen LogP contribution is -2.20. The van der Waals surface area contributed by atoms with E-state index in [1.165, 1.54) is 49.3 Å². The SMILES string of the molecule is CCCNCc1cnc(N2CCCC2)c(C)c1. The van der Waals surface area contributed by atoms with Crippen molar-refractivity contribution in [3.05, 3.63) is 23.4 Å². The number of aryl methyl sites for hydroxylation is 1. The maximum absolute atomic E-state index is 4.62. The quantitative estimate of drug-likeness (QED) is 0.792. The van der Waals surface area contributed by atoms with Gasteiger partial charge in [0.1, 0.15) is 5.82 Å². The van der Waals surface area contributed by atoms with Gasteiger partial charge in [-0.1, -0.05) is 6.92 Å². The first-order valence-electron chi connectivity index (χ1n) is 6.72. The van der Waals surface area contributed by atoms with Crippen molar-refractivity contribution < 1.29 is 0 Å². The van der Waals surface area contributed by atoms with Gasteiger partial charge in [-0.3, -0.25) is 0 Å². The topological polar surface area (TPSA) is 28.2 Å². The maximum Gasteiger partial charge on any atom is 0.131 e. The van der Waals surface area contributed by atoms with Crippen molar-refractivity contribution in [1.82, 2.24) is 10.3 Å². The predicted molar refractivity (Wildman–Crippen MR) is 72.4 cm³/mol. The average Bonchev–Trinajstić information content (AvgIpc) is 2.83. The summed E-state index contributed by atoms with van der Waals surface area (Å²) in [4.78, 5) is 7.03. The van der Waals surface area contributed by atoms with E-state index in [9.17, 15) is 0 Å². The van der Waals surface area contributed by atoms with E-state index in [0.717, 1.165) is 13.1 Å². The molecule has 0 spiro atoms. The van der Waals surface area contributed by atoms with Gasteiger partial charge in [-0.2, -0.15) is 0 Å². The number of hydrogen-bond acceptors (Lipinski definition) is 3. The van der Waals surface area contributed by atoms with E-state index in [1.807, 2.05) is 6.20 Å². The Morgan fingerprint density at radius 2 is 2.12 bits per heavy atom. The van der Waals surface area contributed by atoms with Gasteiger partial charge in [-0.25, -0.2) is 4.98 Å². The number of rotatable bonds is 5. The zero-order valence-corrected chi connectivity index (χ0v) is 11.0. The van der Waals surface area contributed by atoms with E-state index in [1.54, 1.807) is 0 Å². The third kappa shape index (κ3) is 3.19. The lowest BCUT2D eigenvalue weighted by molar-refractivity contribution is 0.673. The van der Waals surface area contributed by atoms with Crippen molar-refractivity contribution in [3.63, 3.8) is 0 Å². The summed E-state index contributed by atoms with van der Waals surface area (Å²) in [6.07, 6.45) is 5.81. The van der Waals surface area contributed by atoms with E-state index < -0.39 is 0 Å². The molecule has 0 bridgehead atoms. The molecule has 2 rings (SSSR count). The van der Waals surface area contributed by atoms with Crippen LogP contribution in [0.25, 0.3) is 0 Å². The first-order chi connectivity index (χ1) is 8.31. The fraction of sp³-hybridized carbons (Fsp3) is 0.643. The summed E-state index contributed by atoms with van der Waals surface area (Å²) in [7, 11) is 0. The zero-order chi connectivity index (χ0) is 12.1. The number of pyridine rings is 1. The van der Waals surface area contributed by atoms with E-state index in [0.29, 0.717) is 0 Å². The lowest BCUT2D eigenvalue weighted by atomic mass is 10.2. The van der Waals surface area contributed by atoms with E-state index in [-0.39, 0.29) is 0 Å². The minimum Gasteiger partial charge on any atom is -0.356 e. The maximum atomic E-state index is 4.62. The van der Waals surface area contributed by atoms with Crippen molar-refractivity contribution in [2.24, 2.45) is 0 Å². The van der Waals surface area contributed by atoms with E-state index >= 15 is 0 Å². The van der Waals surface area contributed by atoms with Crippen LogP contribution in [-0.2, 0) is 6.54 Å². The standard InChI is InChI=1S/C14H23N3/c1-3-6-15-10-13-9-12(2)14(16-11-13)17-7-4-5-8-17/h9,11,15H,3-8,10H2,1-2H3.